The van der Waals surface area contributed by atoms with Crippen LogP contribution in [-0.4, -0.2) is 29.5 Å². The normalized spacial score (nSPS) is 16.4. The fourth-order valence-corrected chi connectivity index (χ4v) is 3.00. The summed E-state index contributed by atoms with van der Waals surface area (Å²) in [6.07, 6.45) is 2.42. The predicted molar refractivity (Wildman–Crippen MR) is 104 cm³/mol. The summed E-state index contributed by atoms with van der Waals surface area (Å²) in [4.78, 5) is 0. The van der Waals surface area contributed by atoms with Gasteiger partial charge in [0, 0.05) is 17.9 Å². The summed E-state index contributed by atoms with van der Waals surface area (Å²) in [5.74, 6) is 1.62. The highest BCUT2D eigenvalue weighted by atomic mass is 16.5. The van der Waals surface area contributed by atoms with Gasteiger partial charge in [-0.2, -0.15) is 5.10 Å². The van der Waals surface area contributed by atoms with Crippen molar-refractivity contribution in [3.63, 3.8) is 0 Å². The summed E-state index contributed by atoms with van der Waals surface area (Å²) in [6, 6.07) is 17.3. The van der Waals surface area contributed by atoms with E-state index in [4.69, 9.17) is 19.9 Å². The van der Waals surface area contributed by atoms with Gasteiger partial charge >= 0.3 is 0 Å². The van der Waals surface area contributed by atoms with Gasteiger partial charge in [-0.1, -0.05) is 0 Å². The van der Waals surface area contributed by atoms with Crippen LogP contribution in [-0.2, 0) is 11.3 Å². The van der Waals surface area contributed by atoms with E-state index in [1.54, 1.807) is 0 Å². The van der Waals surface area contributed by atoms with Gasteiger partial charge in [-0.3, -0.25) is 5.10 Å². The maximum Gasteiger partial charge on any atom is 0.130 e. The van der Waals surface area contributed by atoms with E-state index in [-0.39, 0.29) is 6.10 Å². The molecular weight excluding hydrogens is 342 g/mol. The molecule has 1 atom stereocenters. The molecule has 6 nitrogen and oxygen atoms in total. The standard InChI is InChI=1S/C21H23N3O3/c22-16-5-9-19(10-6-16)26-13-17-12-21(24-23-17)15-3-7-18(8-4-15)27-14-20-2-1-11-25-20/h3-10,12,20H,1-2,11,13-14,22H2,(H,23,24). The van der Waals surface area contributed by atoms with Gasteiger partial charge < -0.3 is 19.9 Å². The minimum atomic E-state index is 0.222. The van der Waals surface area contributed by atoms with Crippen molar-refractivity contribution in [2.24, 2.45) is 0 Å². The summed E-state index contributed by atoms with van der Waals surface area (Å²) in [5, 5.41) is 7.38. The Hall–Kier alpha value is -2.99. The number of hydrogen-bond donors (Lipinski definition) is 2. The van der Waals surface area contributed by atoms with E-state index >= 15 is 0 Å². The Kier molecular flexibility index (Phi) is 5.25. The second kappa shape index (κ2) is 8.14. The van der Waals surface area contributed by atoms with Gasteiger partial charge in [-0.15, -0.1) is 0 Å². The van der Waals surface area contributed by atoms with Crippen LogP contribution < -0.4 is 15.2 Å². The Morgan fingerprint density at radius 1 is 1.04 bits per heavy atom. The maximum atomic E-state index is 5.80. The Morgan fingerprint density at radius 3 is 2.52 bits per heavy atom. The molecule has 0 saturated carbocycles. The first kappa shape index (κ1) is 17.4. The summed E-state index contributed by atoms with van der Waals surface area (Å²) in [6.45, 7) is 1.87. The number of H-pyrrole nitrogens is 1. The van der Waals surface area contributed by atoms with Crippen molar-refractivity contribution in [3.05, 3.63) is 60.3 Å². The third-order valence-electron chi connectivity index (χ3n) is 4.52. The SMILES string of the molecule is Nc1ccc(OCc2cc(-c3ccc(OCC4CCCO4)cc3)n[nH]2)cc1. The zero-order valence-electron chi connectivity index (χ0n) is 15.1. The zero-order chi connectivity index (χ0) is 18.5. The molecule has 1 fully saturated rings. The number of nitrogens with one attached hydrogen (secondary N) is 1. The average molecular weight is 365 g/mol. The third kappa shape index (κ3) is 4.60. The third-order valence-corrected chi connectivity index (χ3v) is 4.52. The van der Waals surface area contributed by atoms with Crippen LogP contribution in [0.25, 0.3) is 11.3 Å². The molecule has 1 unspecified atom stereocenters. The number of hydrogen-bond acceptors (Lipinski definition) is 5. The first-order chi connectivity index (χ1) is 13.3. The number of rotatable bonds is 7. The molecule has 0 aliphatic carbocycles. The van der Waals surface area contributed by atoms with Crippen LogP contribution in [0.15, 0.2) is 54.6 Å². The average Bonchev–Trinajstić information content (AvgIpc) is 3.38. The largest absolute Gasteiger partial charge is 0.491 e. The zero-order valence-corrected chi connectivity index (χ0v) is 15.1. The predicted octanol–water partition coefficient (Wildman–Crippen LogP) is 3.80. The molecule has 4 rings (SSSR count). The quantitative estimate of drug-likeness (QED) is 0.623. The van der Waals surface area contributed by atoms with Crippen molar-refractivity contribution < 1.29 is 14.2 Å². The fourth-order valence-electron chi connectivity index (χ4n) is 3.00. The molecule has 1 aliphatic heterocycles. The number of nitrogens with two attached hydrogens (primary N) is 1. The molecule has 140 valence electrons. The molecular formula is C21H23N3O3. The van der Waals surface area contributed by atoms with Crippen LogP contribution in [0.2, 0.25) is 0 Å². The molecule has 6 heteroatoms. The Labute approximate surface area is 158 Å². The number of nitrogen functional groups attached to an aromatic ring is 1. The van der Waals surface area contributed by atoms with E-state index in [0.29, 0.717) is 13.2 Å². The van der Waals surface area contributed by atoms with Crippen LogP contribution in [0.3, 0.4) is 0 Å². The highest BCUT2D eigenvalue weighted by Crippen LogP contribution is 2.23. The van der Waals surface area contributed by atoms with Gasteiger partial charge in [0.05, 0.1) is 17.5 Å². The molecule has 3 aromatic rings. The molecule has 0 spiro atoms. The minimum Gasteiger partial charge on any atom is -0.491 e. The van der Waals surface area contributed by atoms with Crippen molar-refractivity contribution in [2.75, 3.05) is 18.9 Å². The molecule has 27 heavy (non-hydrogen) atoms. The lowest BCUT2D eigenvalue weighted by molar-refractivity contribution is 0.0679. The van der Waals surface area contributed by atoms with Gasteiger partial charge in [0.15, 0.2) is 0 Å². The molecule has 1 aromatic heterocycles. The van der Waals surface area contributed by atoms with Crippen molar-refractivity contribution in [2.45, 2.75) is 25.6 Å². The molecule has 2 heterocycles. The molecule has 0 amide bonds. The van der Waals surface area contributed by atoms with Gasteiger partial charge in [0.2, 0.25) is 0 Å². The van der Waals surface area contributed by atoms with Gasteiger partial charge in [0.25, 0.3) is 0 Å². The number of ether oxygens (including phenoxy) is 3. The Bertz CT molecular complexity index is 853. The molecule has 0 radical (unpaired) electrons. The Balaban J connectivity index is 1.32. The second-order valence-corrected chi connectivity index (χ2v) is 6.61. The topological polar surface area (TPSA) is 82.4 Å². The maximum absolute atomic E-state index is 5.80. The first-order valence-corrected chi connectivity index (χ1v) is 9.14. The van der Waals surface area contributed by atoms with Crippen LogP contribution in [0.1, 0.15) is 18.5 Å². The number of aromatic nitrogens is 2. The highest BCUT2D eigenvalue weighted by molar-refractivity contribution is 5.60. The molecule has 1 saturated heterocycles. The fraction of sp³-hybridized carbons (Fsp3) is 0.286. The van der Waals surface area contributed by atoms with E-state index in [1.807, 2.05) is 54.6 Å². The monoisotopic (exact) mass is 365 g/mol. The van der Waals surface area contributed by atoms with Crippen LogP contribution >= 0.6 is 0 Å². The lowest BCUT2D eigenvalue weighted by atomic mass is 10.1. The number of nitrogens with zero attached hydrogens (tertiary/aromatic N) is 1. The number of anilines is 1. The van der Waals surface area contributed by atoms with Crippen molar-refractivity contribution in [3.8, 4) is 22.8 Å². The molecule has 3 N–H and O–H groups in total. The van der Waals surface area contributed by atoms with Crippen molar-refractivity contribution >= 4 is 5.69 Å². The van der Waals surface area contributed by atoms with E-state index in [1.165, 1.54) is 0 Å². The van der Waals surface area contributed by atoms with Crippen molar-refractivity contribution in [1.29, 1.82) is 0 Å². The minimum absolute atomic E-state index is 0.222. The summed E-state index contributed by atoms with van der Waals surface area (Å²) in [7, 11) is 0. The second-order valence-electron chi connectivity index (χ2n) is 6.61. The van der Waals surface area contributed by atoms with E-state index in [0.717, 1.165) is 53.6 Å². The van der Waals surface area contributed by atoms with Gasteiger partial charge in [0.1, 0.15) is 24.7 Å². The van der Waals surface area contributed by atoms with E-state index in [9.17, 15) is 0 Å². The lowest BCUT2D eigenvalue weighted by Crippen LogP contribution is -2.16. The lowest BCUT2D eigenvalue weighted by Gasteiger charge is -2.11. The first-order valence-electron chi connectivity index (χ1n) is 9.14. The van der Waals surface area contributed by atoms with Crippen LogP contribution in [0, 0.1) is 0 Å². The van der Waals surface area contributed by atoms with Gasteiger partial charge in [-0.05, 0) is 67.4 Å². The van der Waals surface area contributed by atoms with E-state index < -0.39 is 0 Å². The summed E-state index contributed by atoms with van der Waals surface area (Å²) < 4.78 is 17.1. The van der Waals surface area contributed by atoms with E-state index in [2.05, 4.69) is 10.2 Å². The molecule has 2 aromatic carbocycles. The summed E-state index contributed by atoms with van der Waals surface area (Å²) >= 11 is 0. The Morgan fingerprint density at radius 2 is 1.78 bits per heavy atom. The summed E-state index contributed by atoms with van der Waals surface area (Å²) in [5.41, 5.74) is 9.19. The number of aromatic amines is 1. The number of benzene rings is 2. The smallest absolute Gasteiger partial charge is 0.130 e. The highest BCUT2D eigenvalue weighted by Gasteiger charge is 2.16. The van der Waals surface area contributed by atoms with Crippen LogP contribution in [0.4, 0.5) is 5.69 Å². The van der Waals surface area contributed by atoms with Crippen molar-refractivity contribution in [1.82, 2.24) is 10.2 Å². The van der Waals surface area contributed by atoms with Gasteiger partial charge in [-0.25, -0.2) is 0 Å². The molecule has 0 bridgehead atoms. The van der Waals surface area contributed by atoms with Crippen LogP contribution in [0.5, 0.6) is 11.5 Å². The molecule has 1 aliphatic rings.